The van der Waals surface area contributed by atoms with Crippen molar-refractivity contribution in [3.05, 3.63) is 53.8 Å². The van der Waals surface area contributed by atoms with Crippen molar-refractivity contribution in [3.8, 4) is 5.75 Å². The number of amides is 1. The molecule has 5 heteroatoms. The van der Waals surface area contributed by atoms with Crippen LogP contribution in [0.1, 0.15) is 25.3 Å². The summed E-state index contributed by atoms with van der Waals surface area (Å²) in [5, 5.41) is 6.17. The highest BCUT2D eigenvalue weighted by atomic mass is 19.1. The van der Waals surface area contributed by atoms with Gasteiger partial charge in [0.25, 0.3) is 0 Å². The highest BCUT2D eigenvalue weighted by Crippen LogP contribution is 2.23. The molecule has 0 bridgehead atoms. The maximum Gasteiger partial charge on any atom is 0.224 e. The van der Waals surface area contributed by atoms with Gasteiger partial charge in [-0.3, -0.25) is 4.79 Å². The van der Waals surface area contributed by atoms with E-state index in [0.29, 0.717) is 19.6 Å². The van der Waals surface area contributed by atoms with E-state index in [4.69, 9.17) is 4.74 Å². The molecule has 1 amide bonds. The number of carbonyl (C=O) groups is 1. The van der Waals surface area contributed by atoms with Gasteiger partial charge in [-0.2, -0.15) is 0 Å². The molecule has 0 atom stereocenters. The van der Waals surface area contributed by atoms with Gasteiger partial charge in [0.15, 0.2) is 11.6 Å². The normalized spacial score (nSPS) is 10.3. The third kappa shape index (κ3) is 4.98. The van der Waals surface area contributed by atoms with Crippen LogP contribution in [0, 0.1) is 12.7 Å². The van der Waals surface area contributed by atoms with Crippen LogP contribution in [0.3, 0.4) is 0 Å². The summed E-state index contributed by atoms with van der Waals surface area (Å²) in [6.45, 7) is 4.79. The number of nitrogens with one attached hydrogen (secondary N) is 2. The number of benzene rings is 2. The molecule has 128 valence electrons. The van der Waals surface area contributed by atoms with Crippen molar-refractivity contribution in [2.75, 3.05) is 23.8 Å². The highest BCUT2D eigenvalue weighted by molar-refractivity contribution is 5.92. The first-order chi connectivity index (χ1) is 11.6. The fourth-order valence-electron chi connectivity index (χ4n) is 2.31. The second-order valence-corrected chi connectivity index (χ2v) is 5.48. The van der Waals surface area contributed by atoms with Crippen LogP contribution in [0.25, 0.3) is 0 Å². The molecule has 0 saturated heterocycles. The van der Waals surface area contributed by atoms with Crippen LogP contribution in [0.4, 0.5) is 15.8 Å². The summed E-state index contributed by atoms with van der Waals surface area (Å²) in [5.74, 6) is -0.105. The molecule has 2 N–H and O–H groups in total. The van der Waals surface area contributed by atoms with Gasteiger partial charge < -0.3 is 15.4 Å². The zero-order valence-electron chi connectivity index (χ0n) is 14.1. The Kier molecular flexibility index (Phi) is 6.61. The van der Waals surface area contributed by atoms with Gasteiger partial charge >= 0.3 is 0 Å². The van der Waals surface area contributed by atoms with E-state index in [1.165, 1.54) is 6.07 Å². The molecule has 0 heterocycles. The van der Waals surface area contributed by atoms with Crippen molar-refractivity contribution < 1.29 is 13.9 Å². The summed E-state index contributed by atoms with van der Waals surface area (Å²) >= 11 is 0. The average molecular weight is 330 g/mol. The molecule has 0 fully saturated rings. The van der Waals surface area contributed by atoms with Crippen LogP contribution in [0.2, 0.25) is 0 Å². The van der Waals surface area contributed by atoms with Gasteiger partial charge in [0.2, 0.25) is 5.91 Å². The standard InChI is InChI=1S/C19H23FN2O2/c1-3-7-19(23)22-17-10-6-9-16(14(17)2)21-12-13-24-18-11-5-4-8-15(18)20/h4-6,8-11,21H,3,7,12-13H2,1-2H3,(H,22,23). The Labute approximate surface area is 142 Å². The van der Waals surface area contributed by atoms with E-state index < -0.39 is 0 Å². The predicted molar refractivity (Wildman–Crippen MR) is 95.1 cm³/mol. The molecule has 0 aliphatic heterocycles. The smallest absolute Gasteiger partial charge is 0.224 e. The number of para-hydroxylation sites is 1. The minimum Gasteiger partial charge on any atom is -0.489 e. The number of anilines is 2. The molecule has 2 aromatic carbocycles. The van der Waals surface area contributed by atoms with Gasteiger partial charge in [-0.15, -0.1) is 0 Å². The van der Waals surface area contributed by atoms with Gasteiger partial charge in [-0.1, -0.05) is 25.1 Å². The Hall–Kier alpha value is -2.56. The summed E-state index contributed by atoms with van der Waals surface area (Å²) in [5.41, 5.74) is 2.68. The Morgan fingerprint density at radius 1 is 1.12 bits per heavy atom. The van der Waals surface area contributed by atoms with Crippen LogP contribution in [0.15, 0.2) is 42.5 Å². The minimum absolute atomic E-state index is 0.0145. The lowest BCUT2D eigenvalue weighted by Crippen LogP contribution is -2.15. The van der Waals surface area contributed by atoms with Crippen LogP contribution in [-0.4, -0.2) is 19.1 Å². The minimum atomic E-state index is -0.366. The second-order valence-electron chi connectivity index (χ2n) is 5.48. The van der Waals surface area contributed by atoms with Crippen molar-refractivity contribution in [1.82, 2.24) is 0 Å². The molecule has 0 spiro atoms. The van der Waals surface area contributed by atoms with Crippen molar-refractivity contribution in [1.29, 1.82) is 0 Å². The molecule has 2 rings (SSSR count). The predicted octanol–water partition coefficient (Wildman–Crippen LogP) is 4.36. The number of rotatable bonds is 8. The lowest BCUT2D eigenvalue weighted by molar-refractivity contribution is -0.116. The maximum absolute atomic E-state index is 13.5. The van der Waals surface area contributed by atoms with Gasteiger partial charge in [0.05, 0.1) is 0 Å². The van der Waals surface area contributed by atoms with E-state index in [9.17, 15) is 9.18 Å². The van der Waals surface area contributed by atoms with Crippen molar-refractivity contribution >= 4 is 17.3 Å². The molecule has 2 aromatic rings. The zero-order valence-corrected chi connectivity index (χ0v) is 14.1. The summed E-state index contributed by atoms with van der Waals surface area (Å²) in [6, 6.07) is 12.0. The van der Waals surface area contributed by atoms with Crippen molar-refractivity contribution in [2.24, 2.45) is 0 Å². The van der Waals surface area contributed by atoms with Crippen LogP contribution < -0.4 is 15.4 Å². The molecular weight excluding hydrogens is 307 g/mol. The summed E-state index contributed by atoms with van der Waals surface area (Å²) in [6.07, 6.45) is 1.32. The molecule has 0 saturated carbocycles. The molecule has 24 heavy (non-hydrogen) atoms. The molecule has 0 radical (unpaired) electrons. The Bertz CT molecular complexity index is 689. The Morgan fingerprint density at radius 2 is 1.88 bits per heavy atom. The third-order valence-electron chi connectivity index (χ3n) is 3.60. The SMILES string of the molecule is CCCC(=O)Nc1cccc(NCCOc2ccccc2F)c1C. The lowest BCUT2D eigenvalue weighted by atomic mass is 10.1. The second kappa shape index (κ2) is 8.91. The van der Waals surface area contributed by atoms with Crippen LogP contribution in [0.5, 0.6) is 5.75 Å². The Balaban J connectivity index is 1.88. The number of hydrogen-bond donors (Lipinski definition) is 2. The first-order valence-electron chi connectivity index (χ1n) is 8.12. The van der Waals surface area contributed by atoms with Gasteiger partial charge in [0, 0.05) is 24.3 Å². The van der Waals surface area contributed by atoms with E-state index in [-0.39, 0.29) is 17.5 Å². The molecular formula is C19H23FN2O2. The van der Waals surface area contributed by atoms with Gasteiger partial charge in [0.1, 0.15) is 6.61 Å². The quantitative estimate of drug-likeness (QED) is 0.707. The molecule has 0 aliphatic rings. The van der Waals surface area contributed by atoms with E-state index in [1.54, 1.807) is 18.2 Å². The summed E-state index contributed by atoms with van der Waals surface area (Å²) in [7, 11) is 0. The van der Waals surface area contributed by atoms with E-state index in [2.05, 4.69) is 10.6 Å². The average Bonchev–Trinajstić information content (AvgIpc) is 2.56. The van der Waals surface area contributed by atoms with E-state index >= 15 is 0 Å². The topological polar surface area (TPSA) is 50.4 Å². The van der Waals surface area contributed by atoms with E-state index in [0.717, 1.165) is 23.4 Å². The molecule has 4 nitrogen and oxygen atoms in total. The number of carbonyl (C=O) groups excluding carboxylic acids is 1. The number of halogens is 1. The fraction of sp³-hybridized carbons (Fsp3) is 0.316. The third-order valence-corrected chi connectivity index (χ3v) is 3.60. The van der Waals surface area contributed by atoms with Crippen LogP contribution in [-0.2, 0) is 4.79 Å². The maximum atomic E-state index is 13.5. The summed E-state index contributed by atoms with van der Waals surface area (Å²) < 4.78 is 18.9. The Morgan fingerprint density at radius 3 is 2.62 bits per heavy atom. The van der Waals surface area contributed by atoms with Crippen LogP contribution >= 0.6 is 0 Å². The summed E-state index contributed by atoms with van der Waals surface area (Å²) in [4.78, 5) is 11.7. The first-order valence-corrected chi connectivity index (χ1v) is 8.12. The first kappa shape index (κ1) is 17.8. The number of ether oxygens (including phenoxy) is 1. The number of hydrogen-bond acceptors (Lipinski definition) is 3. The van der Waals surface area contributed by atoms with Crippen molar-refractivity contribution in [2.45, 2.75) is 26.7 Å². The highest BCUT2D eigenvalue weighted by Gasteiger charge is 2.07. The largest absolute Gasteiger partial charge is 0.489 e. The molecule has 0 unspecified atom stereocenters. The van der Waals surface area contributed by atoms with Gasteiger partial charge in [-0.25, -0.2) is 4.39 Å². The van der Waals surface area contributed by atoms with Crippen molar-refractivity contribution in [3.63, 3.8) is 0 Å². The van der Waals surface area contributed by atoms with Gasteiger partial charge in [-0.05, 0) is 43.2 Å². The zero-order chi connectivity index (χ0) is 17.4. The monoisotopic (exact) mass is 330 g/mol. The molecule has 0 aliphatic carbocycles. The lowest BCUT2D eigenvalue weighted by Gasteiger charge is -2.14. The molecule has 0 aromatic heterocycles. The fourth-order valence-corrected chi connectivity index (χ4v) is 2.31. The van der Waals surface area contributed by atoms with E-state index in [1.807, 2.05) is 32.0 Å².